The topological polar surface area (TPSA) is 69.1 Å². The molecule has 0 aliphatic carbocycles. The van der Waals surface area contributed by atoms with Crippen molar-refractivity contribution in [1.82, 2.24) is 5.16 Å². The van der Waals surface area contributed by atoms with Crippen molar-refractivity contribution >= 4 is 28.5 Å². The average molecular weight is 311 g/mol. The fourth-order valence-corrected chi connectivity index (χ4v) is 2.01. The lowest BCUT2D eigenvalue weighted by molar-refractivity contribution is 0.0993. The fourth-order valence-electron chi connectivity index (χ4n) is 1.85. The number of halogens is 1. The second-order valence-corrected chi connectivity index (χ2v) is 5.63. The summed E-state index contributed by atoms with van der Waals surface area (Å²) in [7, 11) is 0. The van der Waals surface area contributed by atoms with E-state index >= 15 is 0 Å². The summed E-state index contributed by atoms with van der Waals surface area (Å²) in [6, 6.07) is 4.87. The Kier molecular flexibility index (Phi) is 7.23. The first-order valence-corrected chi connectivity index (χ1v) is 7.72. The number of amides is 1. The molecule has 1 aromatic carbocycles. The van der Waals surface area contributed by atoms with E-state index in [0.29, 0.717) is 16.0 Å². The number of hydrogen-bond donors (Lipinski definition) is 1. The van der Waals surface area contributed by atoms with Gasteiger partial charge in [-0.2, -0.15) is 0 Å². The third-order valence-electron chi connectivity index (χ3n) is 3.41. The SMILES string of the molecule is CCCCC(C)CC.NC(=O)c1noc2cc(Cl)ccc12. The van der Waals surface area contributed by atoms with Crippen molar-refractivity contribution in [3.63, 3.8) is 0 Å². The zero-order valence-corrected chi connectivity index (χ0v) is 13.6. The number of aromatic nitrogens is 1. The first kappa shape index (κ1) is 17.5. The number of benzene rings is 1. The van der Waals surface area contributed by atoms with Crippen LogP contribution >= 0.6 is 11.6 Å². The van der Waals surface area contributed by atoms with E-state index in [0.717, 1.165) is 5.92 Å². The molecular formula is C16H23ClN2O2. The predicted octanol–water partition coefficient (Wildman–Crippen LogP) is 4.80. The summed E-state index contributed by atoms with van der Waals surface area (Å²) >= 11 is 5.70. The van der Waals surface area contributed by atoms with Gasteiger partial charge in [-0.05, 0) is 18.1 Å². The van der Waals surface area contributed by atoms with Crippen LogP contribution in [0.3, 0.4) is 0 Å². The third kappa shape index (κ3) is 5.38. The molecule has 0 aliphatic rings. The molecule has 21 heavy (non-hydrogen) atoms. The van der Waals surface area contributed by atoms with Gasteiger partial charge in [0, 0.05) is 11.1 Å². The molecule has 0 saturated heterocycles. The van der Waals surface area contributed by atoms with Crippen molar-refractivity contribution in [1.29, 1.82) is 0 Å². The Hall–Kier alpha value is -1.55. The van der Waals surface area contributed by atoms with Gasteiger partial charge in [0.05, 0.1) is 5.39 Å². The van der Waals surface area contributed by atoms with E-state index in [-0.39, 0.29) is 5.69 Å². The van der Waals surface area contributed by atoms with Gasteiger partial charge in [0.1, 0.15) is 0 Å². The monoisotopic (exact) mass is 310 g/mol. The molecule has 1 heterocycles. The van der Waals surface area contributed by atoms with Crippen molar-refractivity contribution in [2.45, 2.75) is 46.5 Å². The highest BCUT2D eigenvalue weighted by Crippen LogP contribution is 2.21. The highest BCUT2D eigenvalue weighted by molar-refractivity contribution is 6.31. The average Bonchev–Trinajstić information content (AvgIpc) is 2.88. The molecule has 5 heteroatoms. The van der Waals surface area contributed by atoms with E-state index < -0.39 is 5.91 Å². The zero-order valence-electron chi connectivity index (χ0n) is 12.9. The molecule has 0 radical (unpaired) electrons. The van der Waals surface area contributed by atoms with Crippen molar-refractivity contribution in [2.24, 2.45) is 11.7 Å². The number of primary amides is 1. The standard InChI is InChI=1S/C8H5ClN2O2.C8H18/c9-4-1-2-5-6(3-4)13-11-7(5)8(10)12;1-4-6-7-8(3)5-2/h1-3H,(H2,10,12);8H,4-7H2,1-3H3. The molecule has 116 valence electrons. The van der Waals surface area contributed by atoms with Gasteiger partial charge >= 0.3 is 0 Å². The lowest BCUT2D eigenvalue weighted by atomic mass is 10.0. The number of carbonyl (C=O) groups is 1. The number of rotatable bonds is 5. The Bertz CT molecular complexity index is 581. The third-order valence-corrected chi connectivity index (χ3v) is 3.65. The molecule has 2 aromatic rings. The van der Waals surface area contributed by atoms with Crippen LogP contribution in [0.4, 0.5) is 0 Å². The van der Waals surface area contributed by atoms with E-state index in [1.165, 1.54) is 25.7 Å². The molecule has 2 N–H and O–H groups in total. The molecule has 0 saturated carbocycles. The van der Waals surface area contributed by atoms with Crippen LogP contribution in [0.25, 0.3) is 11.0 Å². The van der Waals surface area contributed by atoms with Gasteiger partial charge in [-0.3, -0.25) is 4.79 Å². The zero-order chi connectivity index (χ0) is 15.8. The number of fused-ring (bicyclic) bond motifs is 1. The summed E-state index contributed by atoms with van der Waals surface area (Å²) in [5, 5.41) is 4.64. The van der Waals surface area contributed by atoms with Crippen LogP contribution in [0.15, 0.2) is 22.7 Å². The Morgan fingerprint density at radius 3 is 2.71 bits per heavy atom. The minimum atomic E-state index is -0.610. The van der Waals surface area contributed by atoms with E-state index in [1.54, 1.807) is 18.2 Å². The molecule has 1 atom stereocenters. The lowest BCUT2D eigenvalue weighted by Crippen LogP contribution is -2.11. The van der Waals surface area contributed by atoms with E-state index in [1.807, 2.05) is 0 Å². The maximum Gasteiger partial charge on any atom is 0.271 e. The maximum absolute atomic E-state index is 10.8. The van der Waals surface area contributed by atoms with E-state index in [2.05, 4.69) is 25.9 Å². The van der Waals surface area contributed by atoms with Gasteiger partial charge in [-0.15, -0.1) is 0 Å². The molecule has 0 bridgehead atoms. The molecule has 0 fully saturated rings. The molecule has 2 rings (SSSR count). The second-order valence-electron chi connectivity index (χ2n) is 5.19. The number of unbranched alkanes of at least 4 members (excludes halogenated alkanes) is 1. The maximum atomic E-state index is 10.8. The molecule has 0 aliphatic heterocycles. The number of nitrogens with two attached hydrogens (primary N) is 1. The predicted molar refractivity (Wildman–Crippen MR) is 86.5 cm³/mol. The lowest BCUT2D eigenvalue weighted by Gasteiger charge is -2.04. The number of nitrogens with zero attached hydrogens (tertiary/aromatic N) is 1. The first-order valence-electron chi connectivity index (χ1n) is 7.34. The highest BCUT2D eigenvalue weighted by Gasteiger charge is 2.12. The van der Waals surface area contributed by atoms with Crippen LogP contribution in [-0.2, 0) is 0 Å². The summed E-state index contributed by atoms with van der Waals surface area (Å²) in [6.07, 6.45) is 5.53. The molecule has 0 spiro atoms. The van der Waals surface area contributed by atoms with Crippen LogP contribution in [0.5, 0.6) is 0 Å². The Labute approximate surface area is 130 Å². The second kappa shape index (κ2) is 8.67. The van der Waals surface area contributed by atoms with Gasteiger partial charge < -0.3 is 10.3 Å². The summed E-state index contributed by atoms with van der Waals surface area (Å²) in [6.45, 7) is 6.85. The Morgan fingerprint density at radius 2 is 2.14 bits per heavy atom. The van der Waals surface area contributed by atoms with Crippen LogP contribution in [0, 0.1) is 5.92 Å². The van der Waals surface area contributed by atoms with Gasteiger partial charge in [0.2, 0.25) is 0 Å². The van der Waals surface area contributed by atoms with Crippen molar-refractivity contribution in [3.05, 3.63) is 28.9 Å². The van der Waals surface area contributed by atoms with Gasteiger partial charge in [0.25, 0.3) is 5.91 Å². The van der Waals surface area contributed by atoms with Gasteiger partial charge in [-0.25, -0.2) is 0 Å². The number of hydrogen-bond acceptors (Lipinski definition) is 3. The molecule has 1 amide bonds. The van der Waals surface area contributed by atoms with Crippen LogP contribution in [0.1, 0.15) is 56.9 Å². The van der Waals surface area contributed by atoms with Crippen molar-refractivity contribution < 1.29 is 9.32 Å². The number of carbonyl (C=O) groups excluding carboxylic acids is 1. The molecule has 1 aromatic heterocycles. The minimum Gasteiger partial charge on any atom is -0.364 e. The van der Waals surface area contributed by atoms with E-state index in [9.17, 15) is 4.79 Å². The largest absolute Gasteiger partial charge is 0.364 e. The smallest absolute Gasteiger partial charge is 0.271 e. The Morgan fingerprint density at radius 1 is 1.43 bits per heavy atom. The van der Waals surface area contributed by atoms with Gasteiger partial charge in [0.15, 0.2) is 11.3 Å². The normalized spacial score (nSPS) is 11.8. The molecule has 1 unspecified atom stereocenters. The summed E-state index contributed by atoms with van der Waals surface area (Å²) in [5.74, 6) is 0.344. The molecular weight excluding hydrogens is 288 g/mol. The van der Waals surface area contributed by atoms with Gasteiger partial charge in [-0.1, -0.05) is 63.2 Å². The first-order chi connectivity index (χ1) is 9.99. The Balaban J connectivity index is 0.000000240. The minimum absolute atomic E-state index is 0.131. The summed E-state index contributed by atoms with van der Waals surface area (Å²) in [5.41, 5.74) is 5.66. The quantitative estimate of drug-likeness (QED) is 0.862. The van der Waals surface area contributed by atoms with E-state index in [4.69, 9.17) is 21.9 Å². The highest BCUT2D eigenvalue weighted by atomic mass is 35.5. The molecule has 4 nitrogen and oxygen atoms in total. The van der Waals surface area contributed by atoms with Crippen LogP contribution < -0.4 is 5.73 Å². The fraction of sp³-hybridized carbons (Fsp3) is 0.500. The summed E-state index contributed by atoms with van der Waals surface area (Å²) < 4.78 is 4.86. The van der Waals surface area contributed by atoms with Crippen molar-refractivity contribution in [3.8, 4) is 0 Å². The van der Waals surface area contributed by atoms with Crippen LogP contribution in [0.2, 0.25) is 5.02 Å². The van der Waals surface area contributed by atoms with Crippen molar-refractivity contribution in [2.75, 3.05) is 0 Å². The van der Waals surface area contributed by atoms with Crippen LogP contribution in [-0.4, -0.2) is 11.1 Å². The summed E-state index contributed by atoms with van der Waals surface area (Å²) in [4.78, 5) is 10.8.